The Hall–Kier alpha value is -8.40. The minimum Gasteiger partial charge on any atom is -0.310 e. The number of rotatable bonds is 6. The van der Waals surface area contributed by atoms with Crippen LogP contribution in [0.25, 0.3) is 115 Å². The Bertz CT molecular complexity index is 3890. The fourth-order valence-electron chi connectivity index (χ4n) is 10.2. The summed E-state index contributed by atoms with van der Waals surface area (Å²) in [7, 11) is 0. The minimum atomic E-state index is 0.348. The third-order valence-corrected chi connectivity index (χ3v) is 13.5. The molecular weight excluding hydrogens is 787 g/mol. The van der Waals surface area contributed by atoms with E-state index in [1.54, 1.807) is 0 Å². The zero-order valence-corrected chi connectivity index (χ0v) is 35.6. The van der Waals surface area contributed by atoms with E-state index in [1.807, 2.05) is 6.20 Å². The van der Waals surface area contributed by atoms with Crippen LogP contribution in [0.1, 0.15) is 17.9 Å². The SMILES string of the molecule is C1=CC(c2ccc3ccccc3c2)CC=C1n1c2ccccc2c2ccc(-c3cccc(-c4cccc(-c5ccc(-c6cnc7c8ccccc8c8ccccc8c7n6)cc5)c4)c3)cc21. The van der Waals surface area contributed by atoms with Gasteiger partial charge < -0.3 is 4.57 Å². The third kappa shape index (κ3) is 6.35. The highest BCUT2D eigenvalue weighted by Crippen LogP contribution is 2.39. The molecule has 0 saturated carbocycles. The molecule has 3 nitrogen and oxygen atoms in total. The van der Waals surface area contributed by atoms with Crippen molar-refractivity contribution < 1.29 is 0 Å². The van der Waals surface area contributed by atoms with Crippen LogP contribution in [0.5, 0.6) is 0 Å². The second kappa shape index (κ2) is 15.1. The van der Waals surface area contributed by atoms with Crippen LogP contribution < -0.4 is 0 Å². The van der Waals surface area contributed by atoms with Crippen molar-refractivity contribution in [3.05, 3.63) is 236 Å². The molecule has 10 aromatic carbocycles. The van der Waals surface area contributed by atoms with Crippen molar-refractivity contribution in [1.29, 1.82) is 0 Å². The molecule has 0 saturated heterocycles. The van der Waals surface area contributed by atoms with Crippen molar-refractivity contribution in [2.45, 2.75) is 12.3 Å². The second-order valence-corrected chi connectivity index (χ2v) is 17.3. The summed E-state index contributed by atoms with van der Waals surface area (Å²) in [5.74, 6) is 0.348. The third-order valence-electron chi connectivity index (χ3n) is 13.5. The van der Waals surface area contributed by atoms with E-state index in [-0.39, 0.29) is 0 Å². The van der Waals surface area contributed by atoms with Crippen molar-refractivity contribution in [3.63, 3.8) is 0 Å². The highest BCUT2D eigenvalue weighted by atomic mass is 15.0. The van der Waals surface area contributed by atoms with Crippen LogP contribution in [0.4, 0.5) is 0 Å². The zero-order valence-electron chi connectivity index (χ0n) is 35.6. The van der Waals surface area contributed by atoms with E-state index in [0.717, 1.165) is 45.0 Å². The lowest BCUT2D eigenvalue weighted by atomic mass is 9.90. The monoisotopic (exact) mass is 827 g/mol. The van der Waals surface area contributed by atoms with Gasteiger partial charge in [0, 0.05) is 38.7 Å². The van der Waals surface area contributed by atoms with E-state index >= 15 is 0 Å². The van der Waals surface area contributed by atoms with Gasteiger partial charge in [0.25, 0.3) is 0 Å². The van der Waals surface area contributed by atoms with E-state index in [2.05, 4.69) is 229 Å². The summed E-state index contributed by atoms with van der Waals surface area (Å²) in [4.78, 5) is 10.2. The number of para-hydroxylation sites is 1. The summed E-state index contributed by atoms with van der Waals surface area (Å²) < 4.78 is 2.45. The normalized spacial score (nSPS) is 14.0. The van der Waals surface area contributed by atoms with Crippen LogP contribution in [0.15, 0.2) is 231 Å². The molecule has 1 aliphatic carbocycles. The molecule has 2 heterocycles. The van der Waals surface area contributed by atoms with Crippen LogP contribution in [0.2, 0.25) is 0 Å². The maximum atomic E-state index is 5.22. The molecule has 2 aromatic heterocycles. The number of aromatic nitrogens is 3. The lowest BCUT2D eigenvalue weighted by Crippen LogP contribution is -2.03. The van der Waals surface area contributed by atoms with Crippen LogP contribution in [0, 0.1) is 0 Å². The molecule has 0 N–H and O–H groups in total. The molecule has 0 amide bonds. The average Bonchev–Trinajstić information content (AvgIpc) is 3.72. The van der Waals surface area contributed by atoms with Crippen LogP contribution in [0.3, 0.4) is 0 Å². The van der Waals surface area contributed by atoms with Crippen LogP contribution in [-0.4, -0.2) is 14.5 Å². The Morgan fingerprint density at radius 2 is 0.969 bits per heavy atom. The topological polar surface area (TPSA) is 30.7 Å². The molecule has 1 unspecified atom stereocenters. The number of hydrogen-bond donors (Lipinski definition) is 0. The maximum Gasteiger partial charge on any atom is 0.0979 e. The zero-order chi connectivity index (χ0) is 42.8. The van der Waals surface area contributed by atoms with Gasteiger partial charge in [0.2, 0.25) is 0 Å². The lowest BCUT2D eigenvalue weighted by Gasteiger charge is -2.19. The first-order valence-electron chi connectivity index (χ1n) is 22.5. The number of allylic oxidation sites excluding steroid dienone is 4. The summed E-state index contributed by atoms with van der Waals surface area (Å²) in [5, 5.41) is 9.76. The predicted molar refractivity (Wildman–Crippen MR) is 274 cm³/mol. The molecule has 1 aliphatic rings. The van der Waals surface area contributed by atoms with E-state index in [1.165, 1.54) is 82.4 Å². The van der Waals surface area contributed by atoms with E-state index in [0.29, 0.717) is 5.92 Å². The van der Waals surface area contributed by atoms with Crippen molar-refractivity contribution in [2.75, 3.05) is 0 Å². The van der Waals surface area contributed by atoms with E-state index < -0.39 is 0 Å². The van der Waals surface area contributed by atoms with Gasteiger partial charge >= 0.3 is 0 Å². The molecule has 0 aliphatic heterocycles. The minimum absolute atomic E-state index is 0.348. The first kappa shape index (κ1) is 37.2. The Labute approximate surface area is 376 Å². The van der Waals surface area contributed by atoms with Crippen LogP contribution >= 0.6 is 0 Å². The van der Waals surface area contributed by atoms with Gasteiger partial charge in [-0.05, 0) is 97.3 Å². The standard InChI is InChI=1S/C62H41N3/c1-2-12-44-36-49(28-25-40(44)11-1)42-29-32-51(33-30-42)65-59-22-8-7-19-54(59)55-34-31-50(38-60(55)65)48-16-10-15-47(37-48)46-14-9-13-45(35-46)41-23-26-43(27-24-41)58-39-63-61-56-20-5-3-17-52(56)53-18-4-6-21-57(53)62(61)64-58/h1-29,31-39,42H,30H2. The van der Waals surface area contributed by atoms with E-state index in [9.17, 15) is 0 Å². The van der Waals surface area contributed by atoms with Crippen molar-refractivity contribution in [3.8, 4) is 44.6 Å². The second-order valence-electron chi connectivity index (χ2n) is 17.3. The molecule has 12 aromatic rings. The summed E-state index contributed by atoms with van der Waals surface area (Å²) in [6.07, 6.45) is 10.00. The highest BCUT2D eigenvalue weighted by Gasteiger charge is 2.18. The molecule has 3 heteroatoms. The van der Waals surface area contributed by atoms with Crippen molar-refractivity contribution >= 4 is 70.9 Å². The predicted octanol–water partition coefficient (Wildman–Crippen LogP) is 16.4. The molecular formula is C62H41N3. The first-order chi connectivity index (χ1) is 32.2. The molecule has 65 heavy (non-hydrogen) atoms. The Morgan fingerprint density at radius 3 is 1.68 bits per heavy atom. The fourth-order valence-corrected chi connectivity index (χ4v) is 10.2. The average molecular weight is 828 g/mol. The first-order valence-corrected chi connectivity index (χ1v) is 22.5. The van der Waals surface area contributed by atoms with Gasteiger partial charge in [-0.1, -0.05) is 194 Å². The molecule has 0 spiro atoms. The number of benzene rings is 10. The molecule has 0 radical (unpaired) electrons. The number of nitrogens with zero attached hydrogens (tertiary/aromatic N) is 3. The van der Waals surface area contributed by atoms with Crippen LogP contribution in [-0.2, 0) is 0 Å². The largest absolute Gasteiger partial charge is 0.310 e. The van der Waals surface area contributed by atoms with Gasteiger partial charge in [0.1, 0.15) is 0 Å². The van der Waals surface area contributed by atoms with Gasteiger partial charge in [0.05, 0.1) is 34.0 Å². The van der Waals surface area contributed by atoms with E-state index in [4.69, 9.17) is 9.97 Å². The summed E-state index contributed by atoms with van der Waals surface area (Å²) in [6.45, 7) is 0. The highest BCUT2D eigenvalue weighted by molar-refractivity contribution is 6.23. The summed E-state index contributed by atoms with van der Waals surface area (Å²) in [6, 6.07) is 74.8. The van der Waals surface area contributed by atoms with Gasteiger partial charge in [-0.2, -0.15) is 0 Å². The lowest BCUT2D eigenvalue weighted by molar-refractivity contribution is 0.852. The molecule has 1 atom stereocenters. The van der Waals surface area contributed by atoms with Crippen molar-refractivity contribution in [2.24, 2.45) is 0 Å². The fraction of sp³-hybridized carbons (Fsp3) is 0.0323. The summed E-state index contributed by atoms with van der Waals surface area (Å²) >= 11 is 0. The molecule has 0 fully saturated rings. The van der Waals surface area contributed by atoms with Crippen molar-refractivity contribution in [1.82, 2.24) is 14.5 Å². The quantitative estimate of drug-likeness (QED) is 0.156. The molecule has 0 bridgehead atoms. The number of hydrogen-bond acceptors (Lipinski definition) is 2. The smallest absolute Gasteiger partial charge is 0.0979 e. The number of fused-ring (bicyclic) bond motifs is 10. The van der Waals surface area contributed by atoms with Gasteiger partial charge in [0.15, 0.2) is 0 Å². The Morgan fingerprint density at radius 1 is 0.400 bits per heavy atom. The Kier molecular flexibility index (Phi) is 8.67. The van der Waals surface area contributed by atoms with Gasteiger partial charge in [-0.3, -0.25) is 4.98 Å². The maximum absolute atomic E-state index is 5.22. The molecule has 13 rings (SSSR count). The summed E-state index contributed by atoms with van der Waals surface area (Å²) in [5.41, 5.74) is 15.9. The van der Waals surface area contributed by atoms with Gasteiger partial charge in [-0.15, -0.1) is 0 Å². The Balaban J connectivity index is 0.804. The van der Waals surface area contributed by atoms with Gasteiger partial charge in [-0.25, -0.2) is 4.98 Å². The molecule has 304 valence electrons.